The van der Waals surface area contributed by atoms with Gasteiger partial charge in [0.1, 0.15) is 0 Å². The lowest BCUT2D eigenvalue weighted by Crippen LogP contribution is -2.34. The molecule has 2 aliphatic carbocycles. The first-order valence-corrected chi connectivity index (χ1v) is 9.58. The van der Waals surface area contributed by atoms with Gasteiger partial charge in [-0.2, -0.15) is 0 Å². The number of pyridine rings is 1. The lowest BCUT2D eigenvalue weighted by atomic mass is 9.72. The molecular weight excluding hydrogens is 362 g/mol. The summed E-state index contributed by atoms with van der Waals surface area (Å²) in [6.45, 7) is 2.42. The van der Waals surface area contributed by atoms with Gasteiger partial charge in [-0.25, -0.2) is 0 Å². The molecule has 2 nitrogen and oxygen atoms in total. The van der Waals surface area contributed by atoms with Gasteiger partial charge in [0.25, 0.3) is 5.69 Å². The van der Waals surface area contributed by atoms with Gasteiger partial charge in [-0.3, -0.25) is 5.21 Å². The SMILES string of the molecule is CC1CCCC12CC=C(c1cccc[n+]1O)c1cc(Br)ccc1C2. The highest BCUT2D eigenvalue weighted by atomic mass is 79.9. The van der Waals surface area contributed by atoms with Crippen molar-refractivity contribution in [3.8, 4) is 0 Å². The van der Waals surface area contributed by atoms with Crippen molar-refractivity contribution in [3.63, 3.8) is 0 Å². The zero-order valence-electron chi connectivity index (χ0n) is 14.0. The van der Waals surface area contributed by atoms with Crippen LogP contribution in [0.4, 0.5) is 0 Å². The van der Waals surface area contributed by atoms with E-state index in [-0.39, 0.29) is 0 Å². The van der Waals surface area contributed by atoms with Crippen LogP contribution in [0, 0.1) is 11.3 Å². The summed E-state index contributed by atoms with van der Waals surface area (Å²) >= 11 is 3.62. The summed E-state index contributed by atoms with van der Waals surface area (Å²) in [5.41, 5.74) is 5.03. The van der Waals surface area contributed by atoms with Gasteiger partial charge in [-0.1, -0.05) is 47.8 Å². The van der Waals surface area contributed by atoms with Crippen LogP contribution in [0.2, 0.25) is 0 Å². The Hall–Kier alpha value is -1.61. The maximum atomic E-state index is 10.3. The molecule has 24 heavy (non-hydrogen) atoms. The van der Waals surface area contributed by atoms with Crippen LogP contribution in [0.1, 0.15) is 49.4 Å². The molecule has 4 rings (SSSR count). The van der Waals surface area contributed by atoms with Gasteiger partial charge < -0.3 is 0 Å². The largest absolute Gasteiger partial charge is 0.285 e. The average Bonchev–Trinajstić information content (AvgIpc) is 2.83. The van der Waals surface area contributed by atoms with E-state index in [4.69, 9.17) is 0 Å². The number of fused-ring (bicyclic) bond motifs is 1. The predicted octanol–water partition coefficient (Wildman–Crippen LogP) is 5.16. The number of allylic oxidation sites excluding steroid dienone is 1. The number of benzene rings is 1. The van der Waals surface area contributed by atoms with Crippen LogP contribution in [0.15, 0.2) is 53.1 Å². The molecule has 2 atom stereocenters. The maximum absolute atomic E-state index is 10.3. The average molecular weight is 385 g/mol. The second kappa shape index (κ2) is 6.03. The van der Waals surface area contributed by atoms with E-state index in [9.17, 15) is 5.21 Å². The predicted molar refractivity (Wildman–Crippen MR) is 98.8 cm³/mol. The van der Waals surface area contributed by atoms with Crippen molar-refractivity contribution in [1.82, 2.24) is 0 Å². The van der Waals surface area contributed by atoms with Crippen LogP contribution < -0.4 is 4.73 Å². The van der Waals surface area contributed by atoms with Gasteiger partial charge in [-0.15, -0.1) is 0 Å². The highest BCUT2D eigenvalue weighted by molar-refractivity contribution is 9.10. The van der Waals surface area contributed by atoms with E-state index in [1.54, 1.807) is 6.20 Å². The quantitative estimate of drug-likeness (QED) is 0.532. The number of hydrogen-bond donors (Lipinski definition) is 1. The van der Waals surface area contributed by atoms with E-state index in [1.807, 2.05) is 18.2 Å². The second-order valence-electron chi connectivity index (χ2n) is 7.39. The molecule has 0 bridgehead atoms. The Bertz CT molecular complexity index is 813. The molecule has 124 valence electrons. The maximum Gasteiger partial charge on any atom is 0.264 e. The number of rotatable bonds is 1. The summed E-state index contributed by atoms with van der Waals surface area (Å²) < 4.78 is 2.33. The smallest absolute Gasteiger partial charge is 0.264 e. The molecule has 1 saturated carbocycles. The summed E-state index contributed by atoms with van der Waals surface area (Å²) in [5.74, 6) is 0.752. The van der Waals surface area contributed by atoms with E-state index in [0.717, 1.165) is 34.5 Å². The first-order valence-electron chi connectivity index (χ1n) is 8.78. The van der Waals surface area contributed by atoms with E-state index in [2.05, 4.69) is 47.1 Å². The van der Waals surface area contributed by atoms with E-state index in [0.29, 0.717) is 5.41 Å². The minimum atomic E-state index is 0.374. The molecule has 1 heterocycles. The molecule has 1 spiro atoms. The first kappa shape index (κ1) is 15.9. The van der Waals surface area contributed by atoms with Crippen molar-refractivity contribution < 1.29 is 9.94 Å². The highest BCUT2D eigenvalue weighted by Crippen LogP contribution is 2.51. The number of hydrogen-bond acceptors (Lipinski definition) is 1. The zero-order valence-corrected chi connectivity index (χ0v) is 15.6. The molecule has 1 N–H and O–H groups in total. The van der Waals surface area contributed by atoms with Crippen LogP contribution in [0.5, 0.6) is 0 Å². The molecule has 1 fully saturated rings. The topological polar surface area (TPSA) is 24.1 Å². The molecule has 0 aliphatic heterocycles. The van der Waals surface area contributed by atoms with E-state index < -0.39 is 0 Å². The van der Waals surface area contributed by atoms with E-state index >= 15 is 0 Å². The van der Waals surface area contributed by atoms with Crippen molar-refractivity contribution in [3.05, 3.63) is 70.0 Å². The third-order valence-electron chi connectivity index (χ3n) is 6.09. The van der Waals surface area contributed by atoms with Crippen LogP contribution in [-0.2, 0) is 6.42 Å². The molecule has 1 aromatic carbocycles. The molecule has 0 radical (unpaired) electrons. The summed E-state index contributed by atoms with van der Waals surface area (Å²) in [5, 5.41) is 10.3. The van der Waals surface area contributed by atoms with Crippen LogP contribution in [-0.4, -0.2) is 5.21 Å². The molecule has 0 saturated heterocycles. The Balaban J connectivity index is 1.90. The standard InChI is InChI=1S/C21H23BrNO/c1-15-5-4-10-21(15)11-9-18(20-6-2-3-12-23(20)24)19-13-17(22)8-7-16(19)14-21/h2-3,6-9,12-13,15,24H,4-5,10-11,14H2,1H3/q+1. The van der Waals surface area contributed by atoms with Gasteiger partial charge in [0, 0.05) is 21.3 Å². The molecule has 1 aromatic heterocycles. The van der Waals surface area contributed by atoms with E-state index in [1.165, 1.54) is 35.1 Å². The minimum absolute atomic E-state index is 0.374. The first-order chi connectivity index (χ1) is 11.6. The minimum Gasteiger partial charge on any atom is -0.285 e. The Labute approximate surface area is 151 Å². The molecule has 2 aromatic rings. The van der Waals surface area contributed by atoms with Crippen LogP contribution in [0.25, 0.3) is 5.57 Å². The molecule has 2 unspecified atom stereocenters. The van der Waals surface area contributed by atoms with Gasteiger partial charge >= 0.3 is 0 Å². The van der Waals surface area contributed by atoms with Gasteiger partial charge in [-0.05, 0) is 59.9 Å². The monoisotopic (exact) mass is 384 g/mol. The fraction of sp³-hybridized carbons (Fsp3) is 0.381. The van der Waals surface area contributed by atoms with Crippen molar-refractivity contribution in [2.24, 2.45) is 11.3 Å². The Morgan fingerprint density at radius 3 is 2.88 bits per heavy atom. The molecule has 0 amide bonds. The molecular formula is C21H23BrNO+. The second-order valence-corrected chi connectivity index (χ2v) is 8.30. The van der Waals surface area contributed by atoms with Crippen molar-refractivity contribution in [2.75, 3.05) is 0 Å². The van der Waals surface area contributed by atoms with Crippen LogP contribution >= 0.6 is 15.9 Å². The third-order valence-corrected chi connectivity index (χ3v) is 6.58. The number of aromatic nitrogens is 1. The summed E-state index contributed by atoms with van der Waals surface area (Å²) in [6, 6.07) is 12.4. The Morgan fingerprint density at radius 2 is 2.12 bits per heavy atom. The molecule has 2 aliphatic rings. The van der Waals surface area contributed by atoms with Crippen molar-refractivity contribution in [1.29, 1.82) is 0 Å². The Morgan fingerprint density at radius 1 is 1.25 bits per heavy atom. The van der Waals surface area contributed by atoms with Crippen LogP contribution in [0.3, 0.4) is 0 Å². The fourth-order valence-electron chi connectivity index (χ4n) is 4.59. The molecule has 3 heteroatoms. The summed E-state index contributed by atoms with van der Waals surface area (Å²) in [6.07, 6.45) is 10.3. The summed E-state index contributed by atoms with van der Waals surface area (Å²) in [7, 11) is 0. The lowest BCUT2D eigenvalue weighted by molar-refractivity contribution is -0.906. The highest BCUT2D eigenvalue weighted by Gasteiger charge is 2.41. The number of nitrogens with zero attached hydrogens (tertiary/aromatic N) is 1. The van der Waals surface area contributed by atoms with Crippen molar-refractivity contribution in [2.45, 2.75) is 39.0 Å². The normalized spacial score (nSPS) is 26.1. The fourth-order valence-corrected chi connectivity index (χ4v) is 4.95. The summed E-state index contributed by atoms with van der Waals surface area (Å²) in [4.78, 5) is 0. The van der Waals surface area contributed by atoms with Gasteiger partial charge in [0.15, 0.2) is 0 Å². The van der Waals surface area contributed by atoms with Gasteiger partial charge in [0.05, 0.1) is 5.57 Å². The van der Waals surface area contributed by atoms with Crippen molar-refractivity contribution >= 4 is 21.5 Å². The number of halogens is 1. The van der Waals surface area contributed by atoms with Gasteiger partial charge in [0.2, 0.25) is 6.20 Å². The third kappa shape index (κ3) is 2.59. The zero-order chi connectivity index (χ0) is 16.7. The lowest BCUT2D eigenvalue weighted by Gasteiger charge is -2.32. The Kier molecular flexibility index (Phi) is 4.00.